The van der Waals surface area contributed by atoms with Crippen molar-refractivity contribution >= 4 is 0 Å². The van der Waals surface area contributed by atoms with Gasteiger partial charge in [0.2, 0.25) is 0 Å². The average molecular weight is 274 g/mol. The maximum atomic E-state index is 11.1. The monoisotopic (exact) mass is 274 g/mol. The molecule has 2 atom stereocenters. The summed E-state index contributed by atoms with van der Waals surface area (Å²) >= 11 is 0. The number of hydrogen-bond donors (Lipinski definition) is 1. The molecule has 0 bridgehead atoms. The van der Waals surface area contributed by atoms with Crippen LogP contribution in [0.4, 0.5) is 0 Å². The van der Waals surface area contributed by atoms with Gasteiger partial charge in [0.25, 0.3) is 0 Å². The lowest BCUT2D eigenvalue weighted by molar-refractivity contribution is -0.121. The van der Waals surface area contributed by atoms with E-state index in [1.807, 2.05) is 0 Å². The highest BCUT2D eigenvalue weighted by Gasteiger charge is 2.38. The molecule has 1 aromatic carbocycles. The first-order valence-corrected chi connectivity index (χ1v) is 8.03. The lowest BCUT2D eigenvalue weighted by atomic mass is 9.76. The van der Waals surface area contributed by atoms with Crippen LogP contribution in [0.25, 0.3) is 0 Å². The highest BCUT2D eigenvalue weighted by atomic mass is 16.5. The molecule has 1 saturated carbocycles. The molecule has 0 amide bonds. The third-order valence-electron chi connectivity index (χ3n) is 5.13. The van der Waals surface area contributed by atoms with E-state index < -0.39 is 5.60 Å². The van der Waals surface area contributed by atoms with Crippen molar-refractivity contribution in [3.8, 4) is 0 Å². The first-order valence-electron chi connectivity index (χ1n) is 8.03. The fourth-order valence-electron chi connectivity index (χ4n) is 3.39. The van der Waals surface area contributed by atoms with Crippen LogP contribution in [-0.2, 0) is 10.3 Å². The van der Waals surface area contributed by atoms with E-state index in [2.05, 4.69) is 38.1 Å². The third kappa shape index (κ3) is 2.64. The van der Waals surface area contributed by atoms with Crippen molar-refractivity contribution in [3.05, 3.63) is 35.4 Å². The van der Waals surface area contributed by atoms with Gasteiger partial charge in [0.15, 0.2) is 0 Å². The summed E-state index contributed by atoms with van der Waals surface area (Å²) in [5.74, 6) is 1.18. The first kappa shape index (κ1) is 14.1. The van der Waals surface area contributed by atoms with Crippen molar-refractivity contribution in [3.63, 3.8) is 0 Å². The summed E-state index contributed by atoms with van der Waals surface area (Å²) in [5, 5.41) is 11.1. The van der Waals surface area contributed by atoms with Crippen LogP contribution < -0.4 is 0 Å². The van der Waals surface area contributed by atoms with Crippen LogP contribution in [0.3, 0.4) is 0 Å². The molecular formula is C18H26O2. The van der Waals surface area contributed by atoms with E-state index in [0.29, 0.717) is 18.9 Å². The van der Waals surface area contributed by atoms with Gasteiger partial charge in [-0.25, -0.2) is 0 Å². The zero-order valence-electron chi connectivity index (χ0n) is 12.6. The molecule has 2 heteroatoms. The number of aliphatic hydroxyl groups is 1. The molecule has 20 heavy (non-hydrogen) atoms. The van der Waals surface area contributed by atoms with Gasteiger partial charge in [-0.05, 0) is 35.8 Å². The minimum Gasteiger partial charge on any atom is -0.385 e. The molecule has 110 valence electrons. The van der Waals surface area contributed by atoms with Crippen LogP contribution in [0, 0.1) is 5.92 Å². The van der Waals surface area contributed by atoms with E-state index in [0.717, 1.165) is 17.9 Å². The predicted molar refractivity (Wildman–Crippen MR) is 80.7 cm³/mol. The summed E-state index contributed by atoms with van der Waals surface area (Å²) in [6.45, 7) is 5.00. The SMILES string of the molecule is CC(C)C1CC(O)(c2cccc(C3CCC3)c2)CCO1. The highest BCUT2D eigenvalue weighted by Crippen LogP contribution is 2.40. The van der Waals surface area contributed by atoms with E-state index in [-0.39, 0.29) is 6.10 Å². The maximum Gasteiger partial charge on any atom is 0.0943 e. The second-order valence-electron chi connectivity index (χ2n) is 6.89. The van der Waals surface area contributed by atoms with Crippen LogP contribution in [0.2, 0.25) is 0 Å². The van der Waals surface area contributed by atoms with E-state index in [9.17, 15) is 5.11 Å². The summed E-state index contributed by atoms with van der Waals surface area (Å²) < 4.78 is 5.81. The van der Waals surface area contributed by atoms with Crippen molar-refractivity contribution < 1.29 is 9.84 Å². The molecule has 2 fully saturated rings. The Kier molecular flexibility index (Phi) is 3.87. The topological polar surface area (TPSA) is 29.5 Å². The van der Waals surface area contributed by atoms with Crippen LogP contribution in [0.15, 0.2) is 24.3 Å². The smallest absolute Gasteiger partial charge is 0.0943 e. The first-order chi connectivity index (χ1) is 9.58. The normalized spacial score (nSPS) is 31.3. The lowest BCUT2D eigenvalue weighted by Crippen LogP contribution is -2.40. The minimum absolute atomic E-state index is 0.168. The molecule has 0 radical (unpaired) electrons. The molecule has 2 unspecified atom stereocenters. The van der Waals surface area contributed by atoms with E-state index in [4.69, 9.17) is 4.74 Å². The molecule has 1 aliphatic heterocycles. The largest absolute Gasteiger partial charge is 0.385 e. The average Bonchev–Trinajstić information content (AvgIpc) is 2.37. The Morgan fingerprint density at radius 1 is 1.30 bits per heavy atom. The zero-order chi connectivity index (χ0) is 14.2. The van der Waals surface area contributed by atoms with Gasteiger partial charge in [-0.15, -0.1) is 0 Å². The second kappa shape index (κ2) is 5.50. The van der Waals surface area contributed by atoms with Gasteiger partial charge in [-0.2, -0.15) is 0 Å². The van der Waals surface area contributed by atoms with E-state index in [1.165, 1.54) is 24.8 Å². The Hall–Kier alpha value is -0.860. The molecule has 1 heterocycles. The van der Waals surface area contributed by atoms with Crippen LogP contribution in [0.5, 0.6) is 0 Å². The van der Waals surface area contributed by atoms with Gasteiger partial charge in [0, 0.05) is 12.8 Å². The second-order valence-corrected chi connectivity index (χ2v) is 6.89. The molecule has 0 aromatic heterocycles. The quantitative estimate of drug-likeness (QED) is 0.903. The van der Waals surface area contributed by atoms with E-state index >= 15 is 0 Å². The summed E-state index contributed by atoms with van der Waals surface area (Å²) in [5.41, 5.74) is 1.80. The number of ether oxygens (including phenoxy) is 1. The van der Waals surface area contributed by atoms with Gasteiger partial charge in [-0.3, -0.25) is 0 Å². The fourth-order valence-corrected chi connectivity index (χ4v) is 3.39. The van der Waals surface area contributed by atoms with Crippen molar-refractivity contribution in [2.75, 3.05) is 6.61 Å². The van der Waals surface area contributed by atoms with Gasteiger partial charge in [0.05, 0.1) is 18.3 Å². The minimum atomic E-state index is -0.701. The van der Waals surface area contributed by atoms with Crippen LogP contribution in [0.1, 0.15) is 63.0 Å². The van der Waals surface area contributed by atoms with Crippen molar-refractivity contribution in [2.45, 2.75) is 63.6 Å². The standard InChI is InChI=1S/C18H26O2/c1-13(2)17-12-18(19,9-10-20-17)16-8-4-7-15(11-16)14-5-3-6-14/h4,7-8,11,13-14,17,19H,3,5-6,9-10,12H2,1-2H3. The van der Waals surface area contributed by atoms with Crippen LogP contribution >= 0.6 is 0 Å². The van der Waals surface area contributed by atoms with Crippen molar-refractivity contribution in [1.82, 2.24) is 0 Å². The number of hydrogen-bond acceptors (Lipinski definition) is 2. The van der Waals surface area contributed by atoms with E-state index in [1.54, 1.807) is 0 Å². The molecule has 1 saturated heterocycles. The fraction of sp³-hybridized carbons (Fsp3) is 0.667. The molecule has 1 aromatic rings. The molecular weight excluding hydrogens is 248 g/mol. The molecule has 0 spiro atoms. The van der Waals surface area contributed by atoms with Gasteiger partial charge in [-0.1, -0.05) is 44.5 Å². The molecule has 2 nitrogen and oxygen atoms in total. The Bertz CT molecular complexity index is 464. The maximum absolute atomic E-state index is 11.1. The van der Waals surface area contributed by atoms with Gasteiger partial charge in [0.1, 0.15) is 0 Å². The Morgan fingerprint density at radius 3 is 2.75 bits per heavy atom. The lowest BCUT2D eigenvalue weighted by Gasteiger charge is -2.39. The Labute approximate surface area is 122 Å². The molecule has 2 aliphatic rings. The van der Waals surface area contributed by atoms with Gasteiger partial charge >= 0.3 is 0 Å². The summed E-state index contributed by atoms with van der Waals surface area (Å²) in [6.07, 6.45) is 5.56. The Morgan fingerprint density at radius 2 is 2.10 bits per heavy atom. The number of rotatable bonds is 3. The van der Waals surface area contributed by atoms with Crippen LogP contribution in [-0.4, -0.2) is 17.8 Å². The van der Waals surface area contributed by atoms with Crippen molar-refractivity contribution in [2.24, 2.45) is 5.92 Å². The summed E-state index contributed by atoms with van der Waals surface area (Å²) in [7, 11) is 0. The summed E-state index contributed by atoms with van der Waals surface area (Å²) in [4.78, 5) is 0. The predicted octanol–water partition coefficient (Wildman–Crippen LogP) is 3.98. The third-order valence-corrected chi connectivity index (χ3v) is 5.13. The highest BCUT2D eigenvalue weighted by molar-refractivity contribution is 5.31. The van der Waals surface area contributed by atoms with Crippen molar-refractivity contribution in [1.29, 1.82) is 0 Å². The summed E-state index contributed by atoms with van der Waals surface area (Å²) in [6, 6.07) is 8.66. The number of benzene rings is 1. The van der Waals surface area contributed by atoms with Gasteiger partial charge < -0.3 is 9.84 Å². The molecule has 1 aliphatic carbocycles. The zero-order valence-corrected chi connectivity index (χ0v) is 12.6. The molecule has 1 N–H and O–H groups in total. The molecule has 3 rings (SSSR count). The Balaban J connectivity index is 1.82.